The lowest BCUT2D eigenvalue weighted by Gasteiger charge is -2.17. The molecule has 1 fully saturated rings. The predicted octanol–water partition coefficient (Wildman–Crippen LogP) is 3.41. The highest BCUT2D eigenvalue weighted by Gasteiger charge is 2.37. The summed E-state index contributed by atoms with van der Waals surface area (Å²) in [4.78, 5) is 26.9. The first-order chi connectivity index (χ1) is 14.4. The van der Waals surface area contributed by atoms with Crippen LogP contribution in [0.5, 0.6) is 0 Å². The van der Waals surface area contributed by atoms with E-state index in [1.54, 1.807) is 40.9 Å². The number of aryl methyl sites for hydroxylation is 1. The van der Waals surface area contributed by atoms with Crippen LogP contribution < -0.4 is 10.2 Å². The lowest BCUT2D eigenvalue weighted by atomic mass is 10.1. The third-order valence-corrected chi connectivity index (χ3v) is 5.98. The van der Waals surface area contributed by atoms with Gasteiger partial charge in [0.15, 0.2) is 5.16 Å². The molecule has 0 bridgehead atoms. The van der Waals surface area contributed by atoms with E-state index in [0.29, 0.717) is 30.5 Å². The number of nitrogens with zero attached hydrogens (tertiary/aromatic N) is 4. The molecule has 30 heavy (non-hydrogen) atoms. The molecule has 162 valence electrons. The fourth-order valence-corrected chi connectivity index (χ4v) is 4.23. The number of carbonyl (C=O) groups is 2. The molecule has 1 N–H and O–H groups in total. The number of hydrogen-bond donors (Lipinski definition) is 1. The molecule has 2 amide bonds. The van der Waals surface area contributed by atoms with Crippen LogP contribution in [0.4, 0.5) is 5.69 Å². The number of hydrogen-bond acceptors (Lipinski definition) is 5. The topological polar surface area (TPSA) is 80.1 Å². The Labute approximate surface area is 186 Å². The molecule has 1 saturated heterocycles. The second-order valence-corrected chi connectivity index (χ2v) is 9.02. The van der Waals surface area contributed by atoms with E-state index in [9.17, 15) is 9.59 Å². The van der Waals surface area contributed by atoms with E-state index < -0.39 is 5.92 Å². The first-order valence-electron chi connectivity index (χ1n) is 10.2. The molecule has 0 aliphatic carbocycles. The molecule has 1 aromatic carbocycles. The van der Waals surface area contributed by atoms with Crippen LogP contribution in [0, 0.1) is 11.8 Å². The summed E-state index contributed by atoms with van der Waals surface area (Å²) < 4.78 is 2.15. The summed E-state index contributed by atoms with van der Waals surface area (Å²) in [5.41, 5.74) is 0.772. The Morgan fingerprint density at radius 2 is 2.03 bits per heavy atom. The molecular formula is C21H28ClN5O2S. The molecule has 1 aromatic heterocycles. The summed E-state index contributed by atoms with van der Waals surface area (Å²) in [6.45, 7) is 6.25. The van der Waals surface area contributed by atoms with Gasteiger partial charge in [0.25, 0.3) is 0 Å². The zero-order valence-corrected chi connectivity index (χ0v) is 19.2. The minimum Gasteiger partial charge on any atom is -0.355 e. The van der Waals surface area contributed by atoms with Crippen LogP contribution in [0.15, 0.2) is 29.4 Å². The number of amides is 2. The molecule has 1 atom stereocenters. The van der Waals surface area contributed by atoms with Gasteiger partial charge >= 0.3 is 0 Å². The van der Waals surface area contributed by atoms with Gasteiger partial charge in [-0.2, -0.15) is 0 Å². The summed E-state index contributed by atoms with van der Waals surface area (Å²) in [5.74, 6) is 0.449. The van der Waals surface area contributed by atoms with Gasteiger partial charge in [0.2, 0.25) is 11.8 Å². The van der Waals surface area contributed by atoms with E-state index in [1.165, 1.54) is 0 Å². The van der Waals surface area contributed by atoms with Crippen LogP contribution in [0.2, 0.25) is 5.02 Å². The fourth-order valence-electron chi connectivity index (χ4n) is 3.59. The predicted molar refractivity (Wildman–Crippen MR) is 120 cm³/mol. The molecule has 9 heteroatoms. The largest absolute Gasteiger partial charge is 0.355 e. The zero-order valence-electron chi connectivity index (χ0n) is 17.6. The van der Waals surface area contributed by atoms with Crippen molar-refractivity contribution < 1.29 is 9.59 Å². The number of thioether (sulfide) groups is 1. The van der Waals surface area contributed by atoms with Crippen molar-refractivity contribution in [1.82, 2.24) is 20.1 Å². The molecule has 1 aliphatic rings. The van der Waals surface area contributed by atoms with Gasteiger partial charge in [-0.15, -0.1) is 10.2 Å². The Hall–Kier alpha value is -2.06. The van der Waals surface area contributed by atoms with Crippen molar-refractivity contribution in [2.24, 2.45) is 11.8 Å². The van der Waals surface area contributed by atoms with E-state index in [0.717, 1.165) is 36.1 Å². The van der Waals surface area contributed by atoms with Crippen LogP contribution in [0.1, 0.15) is 32.5 Å². The fraction of sp³-hybridized carbons (Fsp3) is 0.524. The van der Waals surface area contributed by atoms with E-state index in [-0.39, 0.29) is 11.8 Å². The number of rotatable bonds is 9. The van der Waals surface area contributed by atoms with Crippen LogP contribution in [-0.4, -0.2) is 45.9 Å². The number of aromatic nitrogens is 3. The number of nitrogens with one attached hydrogen (secondary N) is 1. The standard InChI is InChI=1S/C21H28ClN5O2S/c1-14(2)13-27-18(24-25-21(27)30-3)5-4-11-23-19(28)17-10-12-26(20(17)29)16-8-6-15(22)7-9-16/h6-9,14,17H,4-5,10-13H2,1-3H3,(H,23,28). The number of halogens is 1. The van der Waals surface area contributed by atoms with Gasteiger partial charge in [-0.3, -0.25) is 9.59 Å². The molecule has 1 unspecified atom stereocenters. The van der Waals surface area contributed by atoms with Crippen molar-refractivity contribution in [3.8, 4) is 0 Å². The SMILES string of the molecule is CSc1nnc(CCCNC(=O)C2CCN(c3ccc(Cl)cc3)C2=O)n1CC(C)C. The van der Waals surface area contributed by atoms with E-state index >= 15 is 0 Å². The van der Waals surface area contributed by atoms with Crippen molar-refractivity contribution in [3.63, 3.8) is 0 Å². The minimum atomic E-state index is -0.631. The van der Waals surface area contributed by atoms with Gasteiger partial charge in [0.1, 0.15) is 11.7 Å². The van der Waals surface area contributed by atoms with Gasteiger partial charge < -0.3 is 14.8 Å². The second kappa shape index (κ2) is 10.3. The number of anilines is 1. The Kier molecular flexibility index (Phi) is 7.77. The van der Waals surface area contributed by atoms with Gasteiger partial charge in [0.05, 0.1) is 0 Å². The van der Waals surface area contributed by atoms with E-state index in [4.69, 9.17) is 11.6 Å². The first-order valence-corrected chi connectivity index (χ1v) is 11.8. The molecule has 0 saturated carbocycles. The van der Waals surface area contributed by atoms with Gasteiger partial charge in [-0.1, -0.05) is 37.2 Å². The Morgan fingerprint density at radius 1 is 1.30 bits per heavy atom. The zero-order chi connectivity index (χ0) is 21.7. The van der Waals surface area contributed by atoms with Crippen LogP contribution in [-0.2, 0) is 22.6 Å². The summed E-state index contributed by atoms with van der Waals surface area (Å²) in [7, 11) is 0. The maximum atomic E-state index is 12.7. The van der Waals surface area contributed by atoms with Gasteiger partial charge in [0, 0.05) is 36.8 Å². The average molecular weight is 450 g/mol. The lowest BCUT2D eigenvalue weighted by molar-refractivity contribution is -0.132. The molecule has 2 aromatic rings. The van der Waals surface area contributed by atoms with E-state index in [1.807, 2.05) is 6.26 Å². The molecule has 3 rings (SSSR count). The molecule has 1 aliphatic heterocycles. The number of benzene rings is 1. The van der Waals surface area contributed by atoms with Crippen molar-refractivity contribution in [1.29, 1.82) is 0 Å². The van der Waals surface area contributed by atoms with Gasteiger partial charge in [-0.25, -0.2) is 0 Å². The van der Waals surface area contributed by atoms with Crippen LogP contribution >= 0.6 is 23.4 Å². The van der Waals surface area contributed by atoms with Crippen molar-refractivity contribution in [2.45, 2.75) is 44.8 Å². The smallest absolute Gasteiger partial charge is 0.239 e. The van der Waals surface area contributed by atoms with E-state index in [2.05, 4.69) is 33.9 Å². The maximum absolute atomic E-state index is 12.7. The monoisotopic (exact) mass is 449 g/mol. The van der Waals surface area contributed by atoms with Crippen molar-refractivity contribution >= 4 is 40.9 Å². The third kappa shape index (κ3) is 5.35. The van der Waals surface area contributed by atoms with Gasteiger partial charge in [-0.05, 0) is 49.3 Å². The molecule has 2 heterocycles. The highest BCUT2D eigenvalue weighted by Crippen LogP contribution is 2.26. The Morgan fingerprint density at radius 3 is 2.70 bits per heavy atom. The number of carbonyl (C=O) groups excluding carboxylic acids is 2. The summed E-state index contributed by atoms with van der Waals surface area (Å²) in [5, 5.41) is 13.0. The molecule has 0 spiro atoms. The average Bonchev–Trinajstić information content (AvgIpc) is 3.28. The minimum absolute atomic E-state index is 0.156. The van der Waals surface area contributed by atoms with Crippen molar-refractivity contribution in [2.75, 3.05) is 24.2 Å². The Balaban J connectivity index is 1.49. The highest BCUT2D eigenvalue weighted by atomic mass is 35.5. The Bertz CT molecular complexity index is 884. The third-order valence-electron chi connectivity index (χ3n) is 5.06. The van der Waals surface area contributed by atoms with Crippen molar-refractivity contribution in [3.05, 3.63) is 35.1 Å². The highest BCUT2D eigenvalue weighted by molar-refractivity contribution is 7.98. The molecular weight excluding hydrogens is 422 g/mol. The lowest BCUT2D eigenvalue weighted by Crippen LogP contribution is -2.37. The summed E-state index contributed by atoms with van der Waals surface area (Å²) in [6, 6.07) is 7.10. The quantitative estimate of drug-likeness (QED) is 0.360. The van der Waals surface area contributed by atoms with Crippen LogP contribution in [0.25, 0.3) is 0 Å². The summed E-state index contributed by atoms with van der Waals surface area (Å²) in [6.07, 6.45) is 4.00. The summed E-state index contributed by atoms with van der Waals surface area (Å²) >= 11 is 7.50. The molecule has 0 radical (unpaired) electrons. The first kappa shape index (κ1) is 22.6. The normalized spacial score (nSPS) is 16.5. The van der Waals surface area contributed by atoms with Crippen LogP contribution in [0.3, 0.4) is 0 Å². The molecule has 7 nitrogen and oxygen atoms in total. The second-order valence-electron chi connectivity index (χ2n) is 7.81. The maximum Gasteiger partial charge on any atom is 0.239 e.